The molecule has 0 unspecified atom stereocenters. The van der Waals surface area contributed by atoms with Crippen molar-refractivity contribution in [1.29, 1.82) is 0 Å². The molecule has 0 aromatic carbocycles. The van der Waals surface area contributed by atoms with E-state index in [1.54, 1.807) is 0 Å². The van der Waals surface area contributed by atoms with Crippen molar-refractivity contribution in [2.24, 2.45) is 0 Å². The van der Waals surface area contributed by atoms with Crippen LogP contribution in [-0.4, -0.2) is 64.8 Å². The summed E-state index contributed by atoms with van der Waals surface area (Å²) in [4.78, 5) is 11.8. The predicted molar refractivity (Wildman–Crippen MR) is 83.8 cm³/mol. The number of rotatable bonds is 9. The molecule has 0 bridgehead atoms. The normalized spacial score (nSPS) is 15.4. The molecule has 0 atom stereocenters. The molecular weight excluding hydrogens is 245 g/mol. The third kappa shape index (κ3) is 2.88. The van der Waals surface area contributed by atoms with E-state index >= 15 is 0 Å². The van der Waals surface area contributed by atoms with Crippen molar-refractivity contribution in [3.05, 3.63) is 0 Å². The molecule has 0 aliphatic rings. The molecule has 0 heterocycles. The van der Waals surface area contributed by atoms with Gasteiger partial charge in [0.1, 0.15) is 0 Å². The molecule has 0 spiro atoms. The van der Waals surface area contributed by atoms with Gasteiger partial charge in [-0.05, 0) is 0 Å². The molecule has 0 saturated carbocycles. The van der Waals surface area contributed by atoms with E-state index in [4.69, 9.17) is 0 Å². The second-order valence-electron chi connectivity index (χ2n) is 4.75. The third-order valence-corrected chi connectivity index (χ3v) is 9.85. The van der Waals surface area contributed by atoms with Crippen molar-refractivity contribution in [3.63, 3.8) is 0 Å². The van der Waals surface area contributed by atoms with Gasteiger partial charge in [-0.2, -0.15) is 0 Å². The molecule has 0 amide bonds. The van der Waals surface area contributed by atoms with Crippen LogP contribution in [-0.2, 0) is 0 Å². The Bertz CT molecular complexity index is 198. The van der Waals surface area contributed by atoms with Crippen molar-refractivity contribution in [1.82, 2.24) is 14.0 Å². The van der Waals surface area contributed by atoms with Gasteiger partial charge in [-0.15, -0.1) is 0 Å². The summed E-state index contributed by atoms with van der Waals surface area (Å²) >= 11 is 0. The summed E-state index contributed by atoms with van der Waals surface area (Å²) in [6.07, 6.45) is 0. The van der Waals surface area contributed by atoms with Crippen LogP contribution in [0.3, 0.4) is 0 Å². The first kappa shape index (κ1) is 18.3. The average Bonchev–Trinajstić information content (AvgIpc) is 2.32. The molecule has 0 radical (unpaired) electrons. The molecule has 0 aliphatic heterocycles. The van der Waals surface area contributed by atoms with Crippen LogP contribution in [0.25, 0.3) is 0 Å². The molecule has 0 aromatic rings. The second kappa shape index (κ2) is 7.16. The molecule has 5 heteroatoms. The fraction of sp³-hybridized carbons (Fsp3) is 1.00. The standard InChI is InChI=1S/C13H34N3OP/c1-8-14(9-2)18(7,17,15(10-3)11-4)16(12-5)13-6/h17H,8-13H2,1-7H3. The minimum absolute atomic E-state index is 0.883. The summed E-state index contributed by atoms with van der Waals surface area (Å²) < 4.78 is 6.81. The maximum atomic E-state index is 11.8. The molecule has 4 nitrogen and oxygen atoms in total. The molecular formula is C13H34N3OP. The quantitative estimate of drug-likeness (QED) is 0.657. The predicted octanol–water partition coefficient (Wildman–Crippen LogP) is 2.85. The van der Waals surface area contributed by atoms with Crippen molar-refractivity contribution in [3.8, 4) is 0 Å². The Hall–Kier alpha value is 0.270. The minimum atomic E-state index is -3.13. The monoisotopic (exact) mass is 279 g/mol. The van der Waals surface area contributed by atoms with E-state index in [2.05, 4.69) is 62.2 Å². The van der Waals surface area contributed by atoms with Crippen LogP contribution >= 0.6 is 7.28 Å². The Morgan fingerprint density at radius 3 is 0.889 bits per heavy atom. The first-order valence-electron chi connectivity index (χ1n) is 7.39. The summed E-state index contributed by atoms with van der Waals surface area (Å²) in [5.74, 6) is 0. The van der Waals surface area contributed by atoms with Gasteiger partial charge in [0, 0.05) is 0 Å². The Labute approximate surface area is 114 Å². The number of hydrogen-bond acceptors (Lipinski definition) is 4. The Morgan fingerprint density at radius 1 is 0.611 bits per heavy atom. The van der Waals surface area contributed by atoms with E-state index in [0.29, 0.717) is 0 Å². The fourth-order valence-electron chi connectivity index (χ4n) is 3.19. The van der Waals surface area contributed by atoms with Crippen LogP contribution in [0.5, 0.6) is 0 Å². The summed E-state index contributed by atoms with van der Waals surface area (Å²) in [6.45, 7) is 20.2. The summed E-state index contributed by atoms with van der Waals surface area (Å²) in [5, 5.41) is 0. The number of nitrogens with zero attached hydrogens (tertiary/aromatic N) is 3. The van der Waals surface area contributed by atoms with Gasteiger partial charge >= 0.3 is 114 Å². The van der Waals surface area contributed by atoms with E-state index in [0.717, 1.165) is 39.3 Å². The zero-order valence-corrected chi connectivity index (χ0v) is 14.4. The van der Waals surface area contributed by atoms with Crippen molar-refractivity contribution in [2.75, 3.05) is 45.9 Å². The molecule has 1 N–H and O–H groups in total. The van der Waals surface area contributed by atoms with E-state index in [-0.39, 0.29) is 0 Å². The van der Waals surface area contributed by atoms with E-state index in [1.165, 1.54) is 0 Å². The first-order chi connectivity index (χ1) is 8.36. The average molecular weight is 279 g/mol. The Kier molecular flexibility index (Phi) is 7.27. The maximum absolute atomic E-state index is 11.8. The second-order valence-corrected chi connectivity index (χ2v) is 9.12. The van der Waals surface area contributed by atoms with Crippen LogP contribution in [0.2, 0.25) is 0 Å². The van der Waals surface area contributed by atoms with Crippen LogP contribution in [0.4, 0.5) is 0 Å². The topological polar surface area (TPSA) is 30.0 Å². The molecule has 0 rings (SSSR count). The van der Waals surface area contributed by atoms with Crippen LogP contribution in [0, 0.1) is 0 Å². The van der Waals surface area contributed by atoms with Gasteiger partial charge in [-0.3, -0.25) is 0 Å². The Balaban J connectivity index is 5.76. The van der Waals surface area contributed by atoms with Gasteiger partial charge in [-0.1, -0.05) is 0 Å². The van der Waals surface area contributed by atoms with Gasteiger partial charge in [0.05, 0.1) is 0 Å². The Morgan fingerprint density at radius 2 is 0.778 bits per heavy atom. The van der Waals surface area contributed by atoms with Crippen LogP contribution < -0.4 is 0 Å². The zero-order chi connectivity index (χ0) is 14.4. The SMILES string of the molecule is CCN(CC)P(C)(O)(N(CC)CC)N(CC)CC. The number of hydrogen-bond donors (Lipinski definition) is 1. The molecule has 0 aliphatic carbocycles. The summed E-state index contributed by atoms with van der Waals surface area (Å²) in [6, 6.07) is 0. The molecule has 18 heavy (non-hydrogen) atoms. The molecule has 112 valence electrons. The fourth-order valence-corrected chi connectivity index (χ4v) is 8.24. The van der Waals surface area contributed by atoms with E-state index < -0.39 is 7.28 Å². The molecule has 0 saturated heterocycles. The van der Waals surface area contributed by atoms with Crippen LogP contribution in [0.15, 0.2) is 0 Å². The molecule has 0 aromatic heterocycles. The summed E-state index contributed by atoms with van der Waals surface area (Å²) in [7, 11) is -3.13. The first-order valence-corrected chi connectivity index (χ1v) is 9.88. The van der Waals surface area contributed by atoms with Gasteiger partial charge in [-0.25, -0.2) is 0 Å². The van der Waals surface area contributed by atoms with Crippen molar-refractivity contribution < 1.29 is 4.89 Å². The van der Waals surface area contributed by atoms with Crippen LogP contribution in [0.1, 0.15) is 41.5 Å². The third-order valence-electron chi connectivity index (χ3n) is 4.18. The van der Waals surface area contributed by atoms with Gasteiger partial charge in [0.15, 0.2) is 0 Å². The summed E-state index contributed by atoms with van der Waals surface area (Å²) in [5.41, 5.74) is 0. The van der Waals surface area contributed by atoms with Gasteiger partial charge in [0.2, 0.25) is 0 Å². The van der Waals surface area contributed by atoms with Crippen molar-refractivity contribution >= 4 is 7.28 Å². The van der Waals surface area contributed by atoms with Crippen molar-refractivity contribution in [2.45, 2.75) is 41.5 Å². The van der Waals surface area contributed by atoms with Gasteiger partial charge < -0.3 is 0 Å². The molecule has 0 fully saturated rings. The van der Waals surface area contributed by atoms with Gasteiger partial charge in [0.25, 0.3) is 0 Å². The van der Waals surface area contributed by atoms with E-state index in [1.807, 2.05) is 0 Å². The zero-order valence-electron chi connectivity index (χ0n) is 13.5. The van der Waals surface area contributed by atoms with E-state index in [9.17, 15) is 4.89 Å².